The van der Waals surface area contributed by atoms with Crippen molar-refractivity contribution >= 4 is 17.2 Å². The van der Waals surface area contributed by atoms with Crippen LogP contribution in [0.5, 0.6) is 0 Å². The Morgan fingerprint density at radius 2 is 1.94 bits per heavy atom. The number of aryl methyl sites for hydroxylation is 1. The van der Waals surface area contributed by atoms with Crippen molar-refractivity contribution in [1.82, 2.24) is 4.90 Å². The van der Waals surface area contributed by atoms with Gasteiger partial charge in [0, 0.05) is 12.1 Å². The molecule has 1 aromatic carbocycles. The fourth-order valence-corrected chi connectivity index (χ4v) is 1.84. The van der Waals surface area contributed by atoms with Crippen LogP contribution in [0.3, 0.4) is 0 Å². The maximum Gasteiger partial charge on any atom is 0.103 e. The van der Waals surface area contributed by atoms with E-state index in [0.29, 0.717) is 4.99 Å². The Hall–Kier alpha value is -0.930. The van der Waals surface area contributed by atoms with Crippen LogP contribution in [-0.2, 0) is 6.54 Å². The standard InChI is InChI=1S/C13H20N2S/c1-4-15(5-2)9-12-7-6-11(13(14)16)8-10(12)3/h6-8H,4-5,9H2,1-3H3,(H2,14,16). The summed E-state index contributed by atoms with van der Waals surface area (Å²) in [6.07, 6.45) is 0. The van der Waals surface area contributed by atoms with E-state index in [1.807, 2.05) is 6.07 Å². The molecule has 0 spiro atoms. The summed E-state index contributed by atoms with van der Waals surface area (Å²) in [6.45, 7) is 9.63. The molecule has 0 aliphatic heterocycles. The Balaban J connectivity index is 2.86. The van der Waals surface area contributed by atoms with E-state index >= 15 is 0 Å². The van der Waals surface area contributed by atoms with E-state index in [0.717, 1.165) is 25.2 Å². The molecule has 2 N–H and O–H groups in total. The molecule has 0 aliphatic rings. The zero-order valence-corrected chi connectivity index (χ0v) is 11.1. The highest BCUT2D eigenvalue weighted by molar-refractivity contribution is 7.80. The second-order valence-corrected chi connectivity index (χ2v) is 4.41. The largest absolute Gasteiger partial charge is 0.389 e. The molecule has 0 saturated carbocycles. The van der Waals surface area contributed by atoms with Crippen molar-refractivity contribution in [2.75, 3.05) is 13.1 Å². The van der Waals surface area contributed by atoms with Crippen LogP contribution in [0.25, 0.3) is 0 Å². The molecule has 0 amide bonds. The molecule has 0 radical (unpaired) electrons. The molecule has 16 heavy (non-hydrogen) atoms. The smallest absolute Gasteiger partial charge is 0.103 e. The Labute approximate surface area is 103 Å². The predicted octanol–water partition coefficient (Wildman–Crippen LogP) is 2.47. The van der Waals surface area contributed by atoms with Crippen LogP contribution in [0, 0.1) is 6.92 Å². The molecule has 0 saturated heterocycles. The highest BCUT2D eigenvalue weighted by atomic mass is 32.1. The van der Waals surface area contributed by atoms with Gasteiger partial charge in [0.05, 0.1) is 0 Å². The van der Waals surface area contributed by atoms with Gasteiger partial charge in [-0.05, 0) is 37.2 Å². The highest BCUT2D eigenvalue weighted by Crippen LogP contribution is 2.13. The van der Waals surface area contributed by atoms with Crippen LogP contribution in [-0.4, -0.2) is 23.0 Å². The first kappa shape index (κ1) is 13.1. The number of hydrogen-bond donors (Lipinski definition) is 1. The SMILES string of the molecule is CCN(CC)Cc1ccc(C(N)=S)cc1C. The van der Waals surface area contributed by atoms with Gasteiger partial charge < -0.3 is 5.73 Å². The summed E-state index contributed by atoms with van der Waals surface area (Å²) < 4.78 is 0. The topological polar surface area (TPSA) is 29.3 Å². The molecule has 1 aromatic rings. The first-order valence-corrected chi connectivity index (χ1v) is 6.11. The molecular weight excluding hydrogens is 216 g/mol. The Morgan fingerprint density at radius 1 is 1.31 bits per heavy atom. The average molecular weight is 236 g/mol. The lowest BCUT2D eigenvalue weighted by Crippen LogP contribution is -2.22. The molecule has 0 heterocycles. The zero-order chi connectivity index (χ0) is 12.1. The van der Waals surface area contributed by atoms with E-state index in [9.17, 15) is 0 Å². The van der Waals surface area contributed by atoms with Gasteiger partial charge >= 0.3 is 0 Å². The minimum atomic E-state index is 0.470. The minimum absolute atomic E-state index is 0.470. The number of thiocarbonyl (C=S) groups is 1. The molecule has 3 heteroatoms. The van der Waals surface area contributed by atoms with Crippen LogP contribution in [0.4, 0.5) is 0 Å². The van der Waals surface area contributed by atoms with Gasteiger partial charge in [0.2, 0.25) is 0 Å². The predicted molar refractivity (Wildman–Crippen MR) is 73.7 cm³/mol. The van der Waals surface area contributed by atoms with Crippen LogP contribution < -0.4 is 5.73 Å². The van der Waals surface area contributed by atoms with Gasteiger partial charge in [-0.15, -0.1) is 0 Å². The van der Waals surface area contributed by atoms with Crippen molar-refractivity contribution in [3.8, 4) is 0 Å². The second-order valence-electron chi connectivity index (χ2n) is 3.97. The number of rotatable bonds is 5. The summed E-state index contributed by atoms with van der Waals surface area (Å²) in [7, 11) is 0. The van der Waals surface area contributed by atoms with E-state index in [4.69, 9.17) is 18.0 Å². The van der Waals surface area contributed by atoms with Gasteiger partial charge in [-0.1, -0.05) is 38.2 Å². The lowest BCUT2D eigenvalue weighted by molar-refractivity contribution is 0.295. The Morgan fingerprint density at radius 3 is 2.38 bits per heavy atom. The second kappa shape index (κ2) is 5.97. The van der Waals surface area contributed by atoms with Crippen LogP contribution in [0.15, 0.2) is 18.2 Å². The number of nitrogens with zero attached hydrogens (tertiary/aromatic N) is 1. The van der Waals surface area contributed by atoms with E-state index in [2.05, 4.69) is 37.8 Å². The molecule has 0 bridgehead atoms. The zero-order valence-electron chi connectivity index (χ0n) is 10.3. The summed E-state index contributed by atoms with van der Waals surface area (Å²) in [6, 6.07) is 6.21. The normalized spacial score (nSPS) is 10.8. The highest BCUT2D eigenvalue weighted by Gasteiger charge is 2.05. The fourth-order valence-electron chi connectivity index (χ4n) is 1.71. The third-order valence-electron chi connectivity index (χ3n) is 2.92. The van der Waals surface area contributed by atoms with E-state index in [1.165, 1.54) is 11.1 Å². The lowest BCUT2D eigenvalue weighted by atomic mass is 10.0. The van der Waals surface area contributed by atoms with E-state index < -0.39 is 0 Å². The minimum Gasteiger partial charge on any atom is -0.389 e. The van der Waals surface area contributed by atoms with E-state index in [1.54, 1.807) is 0 Å². The maximum absolute atomic E-state index is 5.61. The quantitative estimate of drug-likeness (QED) is 0.796. The number of benzene rings is 1. The van der Waals surface area contributed by atoms with Crippen molar-refractivity contribution in [1.29, 1.82) is 0 Å². The van der Waals surface area contributed by atoms with Gasteiger partial charge in [-0.25, -0.2) is 0 Å². The van der Waals surface area contributed by atoms with Crippen LogP contribution in [0.1, 0.15) is 30.5 Å². The van der Waals surface area contributed by atoms with Gasteiger partial charge in [-0.3, -0.25) is 4.90 Å². The molecule has 88 valence electrons. The number of nitrogens with two attached hydrogens (primary N) is 1. The molecule has 2 nitrogen and oxygen atoms in total. The number of hydrogen-bond acceptors (Lipinski definition) is 2. The first-order valence-electron chi connectivity index (χ1n) is 5.70. The van der Waals surface area contributed by atoms with Crippen molar-refractivity contribution in [3.63, 3.8) is 0 Å². The molecule has 0 aromatic heterocycles. The lowest BCUT2D eigenvalue weighted by Gasteiger charge is -2.19. The summed E-state index contributed by atoms with van der Waals surface area (Å²) in [5, 5.41) is 0. The van der Waals surface area contributed by atoms with Gasteiger partial charge in [0.25, 0.3) is 0 Å². The summed E-state index contributed by atoms with van der Waals surface area (Å²) in [4.78, 5) is 2.86. The molecule has 0 unspecified atom stereocenters. The van der Waals surface area contributed by atoms with Crippen molar-refractivity contribution in [2.24, 2.45) is 5.73 Å². The Bertz CT molecular complexity index is 370. The van der Waals surface area contributed by atoms with Crippen LogP contribution >= 0.6 is 12.2 Å². The third kappa shape index (κ3) is 3.29. The summed E-state index contributed by atoms with van der Waals surface area (Å²) in [5.74, 6) is 0. The fraction of sp³-hybridized carbons (Fsp3) is 0.462. The summed E-state index contributed by atoms with van der Waals surface area (Å²) >= 11 is 4.97. The van der Waals surface area contributed by atoms with E-state index in [-0.39, 0.29) is 0 Å². The maximum atomic E-state index is 5.61. The molecule has 0 aliphatic carbocycles. The van der Waals surface area contributed by atoms with Gasteiger partial charge in [0.1, 0.15) is 4.99 Å². The molecule has 0 fully saturated rings. The molecule has 0 atom stereocenters. The summed E-state index contributed by atoms with van der Waals surface area (Å²) in [5.41, 5.74) is 9.17. The monoisotopic (exact) mass is 236 g/mol. The van der Waals surface area contributed by atoms with Gasteiger partial charge in [0.15, 0.2) is 0 Å². The molecule has 1 rings (SSSR count). The average Bonchev–Trinajstić information content (AvgIpc) is 2.27. The first-order chi connectivity index (χ1) is 7.58. The molecular formula is C13H20N2S. The van der Waals surface area contributed by atoms with Crippen LogP contribution in [0.2, 0.25) is 0 Å². The van der Waals surface area contributed by atoms with Crippen molar-refractivity contribution < 1.29 is 0 Å². The van der Waals surface area contributed by atoms with Crippen molar-refractivity contribution in [3.05, 3.63) is 34.9 Å². The third-order valence-corrected chi connectivity index (χ3v) is 3.15. The Kier molecular flexibility index (Phi) is 4.90. The van der Waals surface area contributed by atoms with Gasteiger partial charge in [-0.2, -0.15) is 0 Å². The van der Waals surface area contributed by atoms with Crippen molar-refractivity contribution in [2.45, 2.75) is 27.3 Å².